The maximum atomic E-state index is 12.5. The number of amides is 2. The van der Waals surface area contributed by atoms with Crippen molar-refractivity contribution in [1.29, 1.82) is 0 Å². The molecule has 4 rings (SSSR count). The lowest BCUT2D eigenvalue weighted by molar-refractivity contribution is -0.131. The highest BCUT2D eigenvalue weighted by Crippen LogP contribution is 2.44. The number of fused-ring (bicyclic) bond motifs is 3. The number of carbonyl (C=O) groups excluding carboxylic acids is 2. The minimum atomic E-state index is -1.07. The summed E-state index contributed by atoms with van der Waals surface area (Å²) in [5.41, 5.74) is 6.21. The largest absolute Gasteiger partial charge is 0.478 e. The number of hydrogen-bond acceptors (Lipinski definition) is 4. The zero-order valence-electron chi connectivity index (χ0n) is 19.1. The van der Waals surface area contributed by atoms with Crippen LogP contribution in [-0.4, -0.2) is 36.2 Å². The van der Waals surface area contributed by atoms with Crippen LogP contribution in [0, 0.1) is 0 Å². The Bertz CT molecular complexity index is 1220. The average Bonchev–Trinajstić information content (AvgIpc) is 3.18. The maximum Gasteiger partial charge on any atom is 0.407 e. The van der Waals surface area contributed by atoms with Crippen LogP contribution in [-0.2, 0) is 27.3 Å². The van der Waals surface area contributed by atoms with Crippen molar-refractivity contribution in [2.75, 3.05) is 13.2 Å². The topological polar surface area (TPSA) is 105 Å². The molecule has 3 aromatic carbocycles. The minimum absolute atomic E-state index is 0.0145. The molecule has 0 heterocycles. The first kappa shape index (κ1) is 23.8. The van der Waals surface area contributed by atoms with Gasteiger partial charge in [0.2, 0.25) is 5.91 Å². The molecule has 7 nitrogen and oxygen atoms in total. The van der Waals surface area contributed by atoms with Gasteiger partial charge < -0.3 is 20.5 Å². The lowest BCUT2D eigenvalue weighted by Gasteiger charge is -2.15. The second-order valence-corrected chi connectivity index (χ2v) is 8.17. The predicted octanol–water partition coefficient (Wildman–Crippen LogP) is 4.02. The highest BCUT2D eigenvalue weighted by Gasteiger charge is 2.28. The van der Waals surface area contributed by atoms with Gasteiger partial charge in [0.15, 0.2) is 0 Å². The van der Waals surface area contributed by atoms with Gasteiger partial charge in [-0.15, -0.1) is 0 Å². The minimum Gasteiger partial charge on any atom is -0.478 e. The summed E-state index contributed by atoms with van der Waals surface area (Å²) < 4.78 is 5.58. The molecule has 1 aliphatic rings. The number of carboxylic acid groups (broad SMARTS) is 1. The third-order valence-electron chi connectivity index (χ3n) is 5.91. The Morgan fingerprint density at radius 2 is 1.43 bits per heavy atom. The van der Waals surface area contributed by atoms with Crippen LogP contribution in [0.25, 0.3) is 11.1 Å². The zero-order valence-corrected chi connectivity index (χ0v) is 19.1. The SMILES string of the molecule is O=C(O)/C=C/CNC(=O)Cc1ccccc1CNC(=O)OCC1c2ccccc2-c2ccccc21. The summed E-state index contributed by atoms with van der Waals surface area (Å²) in [6.07, 6.45) is 1.94. The van der Waals surface area contributed by atoms with Gasteiger partial charge in [0.25, 0.3) is 0 Å². The summed E-state index contributed by atoms with van der Waals surface area (Å²) in [7, 11) is 0. The van der Waals surface area contributed by atoms with E-state index in [0.717, 1.165) is 28.3 Å². The van der Waals surface area contributed by atoms with Gasteiger partial charge in [0.1, 0.15) is 6.61 Å². The normalized spacial score (nSPS) is 12.1. The van der Waals surface area contributed by atoms with E-state index in [9.17, 15) is 14.4 Å². The molecule has 0 fully saturated rings. The summed E-state index contributed by atoms with van der Waals surface area (Å²) in [6.45, 7) is 0.581. The van der Waals surface area contributed by atoms with Crippen molar-refractivity contribution in [3.63, 3.8) is 0 Å². The van der Waals surface area contributed by atoms with Gasteiger partial charge in [-0.05, 0) is 33.4 Å². The van der Waals surface area contributed by atoms with Crippen molar-refractivity contribution in [3.8, 4) is 11.1 Å². The number of hydrogen-bond donors (Lipinski definition) is 3. The van der Waals surface area contributed by atoms with Crippen molar-refractivity contribution in [2.24, 2.45) is 0 Å². The van der Waals surface area contributed by atoms with Gasteiger partial charge >= 0.3 is 12.1 Å². The van der Waals surface area contributed by atoms with Crippen molar-refractivity contribution in [3.05, 3.63) is 107 Å². The molecule has 0 aliphatic heterocycles. The number of carbonyl (C=O) groups is 3. The molecule has 35 heavy (non-hydrogen) atoms. The Morgan fingerprint density at radius 1 is 0.829 bits per heavy atom. The fraction of sp³-hybridized carbons (Fsp3) is 0.179. The predicted molar refractivity (Wildman–Crippen MR) is 132 cm³/mol. The van der Waals surface area contributed by atoms with Crippen LogP contribution in [0.4, 0.5) is 4.79 Å². The number of ether oxygens (including phenoxy) is 1. The molecule has 7 heteroatoms. The fourth-order valence-corrected chi connectivity index (χ4v) is 4.29. The molecule has 3 aromatic rings. The molecule has 178 valence electrons. The summed E-state index contributed by atoms with van der Waals surface area (Å²) in [4.78, 5) is 35.2. The molecule has 0 saturated heterocycles. The Hall–Kier alpha value is -4.39. The number of carboxylic acids is 1. The quantitative estimate of drug-likeness (QED) is 0.410. The van der Waals surface area contributed by atoms with Crippen LogP contribution in [0.15, 0.2) is 84.9 Å². The zero-order chi connectivity index (χ0) is 24.6. The van der Waals surface area contributed by atoms with Gasteiger partial charge in [0, 0.05) is 25.1 Å². The van der Waals surface area contributed by atoms with Crippen molar-refractivity contribution in [1.82, 2.24) is 10.6 Å². The van der Waals surface area contributed by atoms with Crippen molar-refractivity contribution in [2.45, 2.75) is 18.9 Å². The highest BCUT2D eigenvalue weighted by atomic mass is 16.5. The lowest BCUT2D eigenvalue weighted by Crippen LogP contribution is -2.28. The Labute approximate surface area is 203 Å². The molecule has 0 unspecified atom stereocenters. The van der Waals surface area contributed by atoms with Crippen LogP contribution in [0.5, 0.6) is 0 Å². The van der Waals surface area contributed by atoms with Crippen LogP contribution in [0.2, 0.25) is 0 Å². The van der Waals surface area contributed by atoms with E-state index in [2.05, 4.69) is 34.9 Å². The van der Waals surface area contributed by atoms with E-state index in [1.165, 1.54) is 17.2 Å². The third kappa shape index (κ3) is 5.95. The first-order chi connectivity index (χ1) is 17.0. The molecule has 0 saturated carbocycles. The van der Waals surface area contributed by atoms with E-state index >= 15 is 0 Å². The molecule has 2 amide bonds. The van der Waals surface area contributed by atoms with Gasteiger partial charge in [-0.2, -0.15) is 0 Å². The Balaban J connectivity index is 1.31. The van der Waals surface area contributed by atoms with Gasteiger partial charge in [-0.1, -0.05) is 78.9 Å². The van der Waals surface area contributed by atoms with E-state index < -0.39 is 12.1 Å². The van der Waals surface area contributed by atoms with E-state index in [1.54, 1.807) is 0 Å². The number of benzene rings is 3. The summed E-state index contributed by atoms with van der Waals surface area (Å²) in [5, 5.41) is 14.0. The van der Waals surface area contributed by atoms with Crippen LogP contribution in [0.3, 0.4) is 0 Å². The standard InChI is InChI=1S/C28H26N2O5/c31-26(29-15-7-14-27(32)33)16-19-8-1-2-9-20(19)17-30-28(34)35-18-25-23-12-5-3-10-21(23)22-11-4-6-13-24(22)25/h1-14,25H,15-18H2,(H,29,31)(H,30,34)(H,32,33)/b14-7+. The molecule has 0 radical (unpaired) electrons. The molecule has 0 spiro atoms. The smallest absolute Gasteiger partial charge is 0.407 e. The first-order valence-electron chi connectivity index (χ1n) is 11.3. The highest BCUT2D eigenvalue weighted by molar-refractivity contribution is 5.81. The number of rotatable bonds is 9. The molecule has 0 aromatic heterocycles. The van der Waals surface area contributed by atoms with Crippen LogP contribution >= 0.6 is 0 Å². The van der Waals surface area contributed by atoms with Gasteiger partial charge in [0.05, 0.1) is 6.42 Å². The van der Waals surface area contributed by atoms with Crippen LogP contribution < -0.4 is 10.6 Å². The monoisotopic (exact) mass is 470 g/mol. The first-order valence-corrected chi connectivity index (χ1v) is 11.3. The fourth-order valence-electron chi connectivity index (χ4n) is 4.29. The summed E-state index contributed by atoms with van der Waals surface area (Å²) in [5.74, 6) is -1.32. The van der Waals surface area contributed by atoms with Gasteiger partial charge in [-0.25, -0.2) is 9.59 Å². The summed E-state index contributed by atoms with van der Waals surface area (Å²) in [6, 6.07) is 23.6. The number of alkyl carbamates (subject to hydrolysis) is 1. The van der Waals surface area contributed by atoms with E-state index in [0.29, 0.717) is 0 Å². The third-order valence-corrected chi connectivity index (χ3v) is 5.91. The second kappa shape index (κ2) is 11.2. The second-order valence-electron chi connectivity index (χ2n) is 8.17. The van der Waals surface area contributed by atoms with Gasteiger partial charge in [-0.3, -0.25) is 4.79 Å². The summed E-state index contributed by atoms with van der Waals surface area (Å²) >= 11 is 0. The van der Waals surface area contributed by atoms with Crippen LogP contribution in [0.1, 0.15) is 28.2 Å². The Morgan fingerprint density at radius 3 is 2.09 bits per heavy atom. The Kier molecular flexibility index (Phi) is 7.57. The average molecular weight is 471 g/mol. The van der Waals surface area contributed by atoms with E-state index in [4.69, 9.17) is 9.84 Å². The van der Waals surface area contributed by atoms with Crippen molar-refractivity contribution < 1.29 is 24.2 Å². The number of aliphatic carboxylic acids is 1. The van der Waals surface area contributed by atoms with Crippen molar-refractivity contribution >= 4 is 18.0 Å². The molecule has 3 N–H and O–H groups in total. The molecular weight excluding hydrogens is 444 g/mol. The maximum absolute atomic E-state index is 12.5. The van der Waals surface area contributed by atoms with E-state index in [-0.39, 0.29) is 37.9 Å². The molecule has 0 bridgehead atoms. The molecule has 0 atom stereocenters. The lowest BCUT2D eigenvalue weighted by atomic mass is 9.98. The van der Waals surface area contributed by atoms with E-state index in [1.807, 2.05) is 48.5 Å². The number of nitrogens with one attached hydrogen (secondary N) is 2. The molecule has 1 aliphatic carbocycles. The molecular formula is C28H26N2O5.